The van der Waals surface area contributed by atoms with Crippen LogP contribution >= 0.6 is 22.6 Å². The number of aromatic nitrogens is 2. The van der Waals surface area contributed by atoms with Crippen LogP contribution in [0.1, 0.15) is 21.5 Å². The number of hydrogen-bond donors (Lipinski definition) is 2. The summed E-state index contributed by atoms with van der Waals surface area (Å²) >= 11 is 2.21. The Morgan fingerprint density at radius 2 is 1.88 bits per heavy atom. The summed E-state index contributed by atoms with van der Waals surface area (Å²) < 4.78 is 54.0. The van der Waals surface area contributed by atoms with E-state index >= 15 is 0 Å². The number of anilines is 2. The molecule has 0 aliphatic carbocycles. The number of rotatable bonds is 4. The number of nitrogens with two attached hydrogens (primary N) is 1. The molecule has 0 bridgehead atoms. The third-order valence-corrected chi connectivity index (χ3v) is 5.79. The van der Waals surface area contributed by atoms with Gasteiger partial charge in [-0.15, -0.1) is 0 Å². The molecule has 3 N–H and O–H groups in total. The smallest absolute Gasteiger partial charge is 0.368 e. The van der Waals surface area contributed by atoms with Crippen molar-refractivity contribution in [3.8, 4) is 11.1 Å². The zero-order valence-electron chi connectivity index (χ0n) is 16.8. The number of alkyl halides is 4. The third-order valence-electron chi connectivity index (χ3n) is 4.97. The average Bonchev–Trinajstić information content (AvgIpc) is 2.78. The lowest BCUT2D eigenvalue weighted by molar-refractivity contribution is -0.140. The molecule has 0 unspecified atom stereocenters. The quantitative estimate of drug-likeness (QED) is 0.175. The monoisotopic (exact) mass is 566 g/mol. The zero-order valence-corrected chi connectivity index (χ0v) is 18.9. The van der Waals surface area contributed by atoms with Gasteiger partial charge in [-0.1, -0.05) is 40.8 Å². The van der Waals surface area contributed by atoms with Crippen LogP contribution in [0.2, 0.25) is 0 Å². The highest BCUT2D eigenvalue weighted by atomic mass is 127. The largest absolute Gasteiger partial charge is 0.419 e. The maximum Gasteiger partial charge on any atom is 0.419 e. The summed E-state index contributed by atoms with van der Waals surface area (Å²) in [6.45, 7) is 0. The number of halogens is 5. The first-order chi connectivity index (χ1) is 15.7. The van der Waals surface area contributed by atoms with E-state index in [2.05, 4.69) is 37.9 Å². The molecule has 3 aromatic carbocycles. The van der Waals surface area contributed by atoms with Gasteiger partial charge in [0.15, 0.2) is 0 Å². The minimum atomic E-state index is -4.90. The maximum absolute atomic E-state index is 14.4. The Labute approximate surface area is 199 Å². The van der Waals surface area contributed by atoms with Crippen molar-refractivity contribution in [2.75, 3.05) is 11.1 Å². The summed E-state index contributed by atoms with van der Waals surface area (Å²) in [6.07, 6.45) is -3.30. The lowest BCUT2D eigenvalue weighted by Crippen LogP contribution is -2.17. The van der Waals surface area contributed by atoms with Crippen molar-refractivity contribution in [2.24, 2.45) is 0 Å². The highest BCUT2D eigenvalue weighted by Crippen LogP contribution is 2.33. The second kappa shape index (κ2) is 8.93. The molecule has 33 heavy (non-hydrogen) atoms. The fourth-order valence-electron chi connectivity index (χ4n) is 3.38. The average molecular weight is 566 g/mol. The second-order valence-electron chi connectivity index (χ2n) is 7.13. The van der Waals surface area contributed by atoms with Crippen LogP contribution in [-0.2, 0) is 10.6 Å². The van der Waals surface area contributed by atoms with Crippen molar-refractivity contribution in [3.63, 3.8) is 0 Å². The lowest BCUT2D eigenvalue weighted by Gasteiger charge is -2.14. The van der Waals surface area contributed by atoms with Crippen LogP contribution in [0.3, 0.4) is 0 Å². The molecule has 0 radical (unpaired) electrons. The summed E-state index contributed by atoms with van der Waals surface area (Å²) in [4.78, 5) is 20.7. The fraction of sp³-hybridized carbons (Fsp3) is 0.0870. The summed E-state index contributed by atoms with van der Waals surface area (Å²) in [6, 6.07) is 13.2. The summed E-state index contributed by atoms with van der Waals surface area (Å²) in [5.74, 6) is -2.43. The van der Waals surface area contributed by atoms with Gasteiger partial charge in [0, 0.05) is 21.7 Å². The van der Waals surface area contributed by atoms with E-state index in [1.54, 1.807) is 30.5 Å². The Morgan fingerprint density at radius 3 is 2.61 bits per heavy atom. The topological polar surface area (TPSA) is 80.9 Å². The number of amides is 1. The van der Waals surface area contributed by atoms with Gasteiger partial charge in [-0.05, 0) is 53.1 Å². The molecule has 0 aliphatic rings. The van der Waals surface area contributed by atoms with E-state index in [9.17, 15) is 22.4 Å². The van der Waals surface area contributed by atoms with Gasteiger partial charge in [-0.25, -0.2) is 14.4 Å². The molecular formula is C23H15F4IN4O. The number of benzene rings is 3. The van der Waals surface area contributed by atoms with Crippen LogP contribution in [0.4, 0.5) is 29.2 Å². The van der Waals surface area contributed by atoms with Gasteiger partial charge in [0.2, 0.25) is 5.95 Å². The molecule has 1 aromatic heterocycles. The van der Waals surface area contributed by atoms with Crippen molar-refractivity contribution in [3.05, 3.63) is 83.3 Å². The van der Waals surface area contributed by atoms with Crippen LogP contribution in [0.5, 0.6) is 0 Å². The minimum absolute atomic E-state index is 0.162. The van der Waals surface area contributed by atoms with Crippen molar-refractivity contribution in [1.29, 1.82) is 0 Å². The number of hydrogen-bond acceptors (Lipinski definition) is 4. The van der Waals surface area contributed by atoms with E-state index in [1.807, 2.05) is 12.1 Å². The van der Waals surface area contributed by atoms with Gasteiger partial charge in [0.1, 0.15) is 5.82 Å². The van der Waals surface area contributed by atoms with E-state index in [0.717, 1.165) is 34.2 Å². The molecule has 1 heterocycles. The first-order valence-electron chi connectivity index (χ1n) is 9.56. The number of nitrogens with one attached hydrogen (secondary N) is 1. The van der Waals surface area contributed by atoms with Crippen LogP contribution in [0.25, 0.3) is 22.0 Å². The fourth-order valence-corrected chi connectivity index (χ4v) is 4.04. The predicted octanol–water partition coefficient (Wildman–Crippen LogP) is 6.22. The third kappa shape index (κ3) is 4.75. The van der Waals surface area contributed by atoms with E-state index < -0.39 is 29.0 Å². The molecule has 168 valence electrons. The first kappa shape index (κ1) is 22.9. The molecule has 5 nitrogen and oxygen atoms in total. The van der Waals surface area contributed by atoms with Gasteiger partial charge < -0.3 is 11.1 Å². The lowest BCUT2D eigenvalue weighted by atomic mass is 9.98. The normalized spacial score (nSPS) is 11.5. The number of nitrogens with zero attached hydrogens (tertiary/aromatic N) is 2. The molecule has 4 rings (SSSR count). The molecule has 1 amide bonds. The standard InChI is InChI=1S/C23H15F4IN4O/c24-20-16(2-1-3-18(20)23(25,26)27)21(33)31-15-6-4-13(10-28)17(9-15)12-5-7-19-14(8-12)11-30-22(29)32-19/h1-9,11H,10H2,(H,31,33)(H2,29,30,32). The van der Waals surface area contributed by atoms with Gasteiger partial charge in [0.25, 0.3) is 5.91 Å². The highest BCUT2D eigenvalue weighted by Gasteiger charge is 2.35. The van der Waals surface area contributed by atoms with Gasteiger partial charge in [0.05, 0.1) is 16.6 Å². The molecule has 0 saturated heterocycles. The van der Waals surface area contributed by atoms with Gasteiger partial charge >= 0.3 is 6.18 Å². The van der Waals surface area contributed by atoms with E-state index in [4.69, 9.17) is 5.73 Å². The number of carbonyl (C=O) groups is 1. The summed E-state index contributed by atoms with van der Waals surface area (Å²) in [7, 11) is 0. The Hall–Kier alpha value is -3.28. The molecule has 10 heteroatoms. The van der Waals surface area contributed by atoms with Crippen molar-refractivity contribution >= 4 is 51.0 Å². The van der Waals surface area contributed by atoms with E-state index in [0.29, 0.717) is 21.7 Å². The van der Waals surface area contributed by atoms with Crippen molar-refractivity contribution in [1.82, 2.24) is 9.97 Å². The zero-order chi connectivity index (χ0) is 23.8. The number of nitrogen functional groups attached to an aromatic ring is 1. The van der Waals surface area contributed by atoms with E-state index in [1.165, 1.54) is 0 Å². The van der Waals surface area contributed by atoms with Gasteiger partial charge in [-0.2, -0.15) is 13.2 Å². The first-order valence-corrected chi connectivity index (χ1v) is 11.1. The van der Waals surface area contributed by atoms with Crippen molar-refractivity contribution < 1.29 is 22.4 Å². The van der Waals surface area contributed by atoms with E-state index in [-0.39, 0.29) is 5.95 Å². The highest BCUT2D eigenvalue weighted by molar-refractivity contribution is 14.1. The number of carbonyl (C=O) groups excluding carboxylic acids is 1. The Kier molecular flexibility index (Phi) is 6.19. The van der Waals surface area contributed by atoms with Crippen LogP contribution in [0, 0.1) is 5.82 Å². The molecular weight excluding hydrogens is 551 g/mol. The Balaban J connectivity index is 1.69. The molecule has 0 atom stereocenters. The molecule has 0 aliphatic heterocycles. The van der Waals surface area contributed by atoms with Crippen molar-refractivity contribution in [2.45, 2.75) is 10.6 Å². The predicted molar refractivity (Wildman–Crippen MR) is 126 cm³/mol. The molecule has 4 aromatic rings. The second-order valence-corrected chi connectivity index (χ2v) is 7.89. The Bertz CT molecular complexity index is 1370. The SMILES string of the molecule is Nc1ncc2cc(-c3cc(NC(=O)c4cccc(C(F)(F)F)c4F)ccc3CI)ccc2n1. The number of fused-ring (bicyclic) bond motifs is 1. The van der Waals surface area contributed by atoms with Crippen LogP contribution < -0.4 is 11.1 Å². The summed E-state index contributed by atoms with van der Waals surface area (Å²) in [5.41, 5.74) is 7.02. The summed E-state index contributed by atoms with van der Waals surface area (Å²) in [5, 5.41) is 3.26. The van der Waals surface area contributed by atoms with Crippen LogP contribution in [-0.4, -0.2) is 15.9 Å². The van der Waals surface area contributed by atoms with Gasteiger partial charge in [-0.3, -0.25) is 4.79 Å². The Morgan fingerprint density at radius 1 is 1.09 bits per heavy atom. The maximum atomic E-state index is 14.4. The van der Waals surface area contributed by atoms with Crippen LogP contribution in [0.15, 0.2) is 60.8 Å². The molecule has 0 spiro atoms. The molecule has 0 fully saturated rings. The molecule has 0 saturated carbocycles. The minimum Gasteiger partial charge on any atom is -0.368 e.